The fourth-order valence-corrected chi connectivity index (χ4v) is 2.42. The standard InChI is InChI=1S/C16H23N3O6/c1-4-6-7-24-16(23)18-13-10(5-2)8-19(15(22)17-13)14-12(21)11(20)9(3)25-14/h5,8-9,11-12,14,20-21H,2,4,6-7H2,1,3H3,(H,17,18,22,23)/t9-,11?,12?,14-/m1/s1. The lowest BCUT2D eigenvalue weighted by atomic mass is 10.1. The molecule has 1 fully saturated rings. The van der Waals surface area contributed by atoms with Crippen molar-refractivity contribution in [2.45, 2.75) is 51.2 Å². The third kappa shape index (κ3) is 4.25. The Labute approximate surface area is 144 Å². The molecule has 0 spiro atoms. The predicted octanol–water partition coefficient (Wildman–Crippen LogP) is 0.874. The van der Waals surface area contributed by atoms with Crippen LogP contribution < -0.4 is 11.0 Å². The van der Waals surface area contributed by atoms with E-state index in [1.807, 2.05) is 6.92 Å². The Morgan fingerprint density at radius 2 is 2.24 bits per heavy atom. The summed E-state index contributed by atoms with van der Waals surface area (Å²) in [5.41, 5.74) is -0.406. The quantitative estimate of drug-likeness (QED) is 0.649. The van der Waals surface area contributed by atoms with Crippen LogP contribution in [-0.4, -0.2) is 50.8 Å². The van der Waals surface area contributed by atoms with Crippen molar-refractivity contribution in [1.29, 1.82) is 0 Å². The molecule has 2 rings (SSSR count). The predicted molar refractivity (Wildman–Crippen MR) is 90.1 cm³/mol. The molecule has 0 aliphatic carbocycles. The number of anilines is 1. The third-order valence-corrected chi connectivity index (χ3v) is 3.90. The van der Waals surface area contributed by atoms with Gasteiger partial charge in [0.2, 0.25) is 0 Å². The topological polar surface area (TPSA) is 123 Å². The van der Waals surface area contributed by atoms with Gasteiger partial charge in [0.05, 0.1) is 12.7 Å². The van der Waals surface area contributed by atoms with E-state index in [-0.39, 0.29) is 12.4 Å². The lowest BCUT2D eigenvalue weighted by Crippen LogP contribution is -2.36. The highest BCUT2D eigenvalue weighted by atomic mass is 16.6. The fraction of sp³-hybridized carbons (Fsp3) is 0.562. The van der Waals surface area contributed by atoms with Crippen molar-refractivity contribution in [1.82, 2.24) is 9.55 Å². The monoisotopic (exact) mass is 353 g/mol. The van der Waals surface area contributed by atoms with Crippen LogP contribution in [0.5, 0.6) is 0 Å². The molecule has 2 heterocycles. The Morgan fingerprint density at radius 3 is 2.80 bits per heavy atom. The maximum Gasteiger partial charge on any atom is 0.412 e. The van der Waals surface area contributed by atoms with Crippen molar-refractivity contribution < 1.29 is 24.5 Å². The molecule has 1 aliphatic rings. The van der Waals surface area contributed by atoms with Crippen LogP contribution in [-0.2, 0) is 9.47 Å². The van der Waals surface area contributed by atoms with Gasteiger partial charge in [0.15, 0.2) is 6.23 Å². The van der Waals surface area contributed by atoms with E-state index >= 15 is 0 Å². The molecule has 0 aromatic carbocycles. The maximum absolute atomic E-state index is 12.2. The summed E-state index contributed by atoms with van der Waals surface area (Å²) in [5, 5.41) is 22.2. The minimum atomic E-state index is -1.27. The number of rotatable bonds is 6. The van der Waals surface area contributed by atoms with Crippen molar-refractivity contribution in [3.63, 3.8) is 0 Å². The molecule has 4 atom stereocenters. The lowest BCUT2D eigenvalue weighted by molar-refractivity contribution is -0.0350. The first-order valence-corrected chi connectivity index (χ1v) is 8.10. The summed E-state index contributed by atoms with van der Waals surface area (Å²) in [6.45, 7) is 7.44. The zero-order valence-electron chi connectivity index (χ0n) is 14.2. The van der Waals surface area contributed by atoms with Crippen LogP contribution >= 0.6 is 0 Å². The van der Waals surface area contributed by atoms with Crippen LogP contribution in [0.15, 0.2) is 17.6 Å². The highest BCUT2D eigenvalue weighted by Gasteiger charge is 2.42. The second-order valence-corrected chi connectivity index (χ2v) is 5.77. The molecule has 0 saturated carbocycles. The number of hydrogen-bond donors (Lipinski definition) is 3. The van der Waals surface area contributed by atoms with Crippen molar-refractivity contribution >= 4 is 18.0 Å². The van der Waals surface area contributed by atoms with E-state index in [4.69, 9.17) is 9.47 Å². The normalized spacial score (nSPS) is 25.6. The fourth-order valence-electron chi connectivity index (χ4n) is 2.42. The number of aliphatic hydroxyl groups excluding tert-OH is 2. The molecule has 9 nitrogen and oxygen atoms in total. The second kappa shape index (κ2) is 8.24. The number of nitrogens with one attached hydrogen (secondary N) is 1. The number of nitrogens with zero attached hydrogens (tertiary/aromatic N) is 2. The summed E-state index contributed by atoms with van der Waals surface area (Å²) in [6.07, 6.45) is -0.460. The second-order valence-electron chi connectivity index (χ2n) is 5.77. The van der Waals surface area contributed by atoms with Crippen LogP contribution in [0.25, 0.3) is 6.08 Å². The van der Waals surface area contributed by atoms with Crippen LogP contribution in [0.2, 0.25) is 0 Å². The Hall–Kier alpha value is -2.23. The minimum Gasteiger partial charge on any atom is -0.449 e. The number of aliphatic hydroxyl groups is 2. The number of aromatic nitrogens is 2. The number of unbranched alkanes of at least 4 members (excludes halogenated alkanes) is 1. The molecule has 2 unspecified atom stereocenters. The van der Waals surface area contributed by atoms with E-state index in [1.165, 1.54) is 12.3 Å². The summed E-state index contributed by atoms with van der Waals surface area (Å²) in [7, 11) is 0. The molecule has 1 aromatic heterocycles. The minimum absolute atomic E-state index is 0.00108. The van der Waals surface area contributed by atoms with Gasteiger partial charge < -0.3 is 19.7 Å². The first-order valence-electron chi connectivity index (χ1n) is 8.10. The number of carbonyl (C=O) groups excluding carboxylic acids is 1. The van der Waals surface area contributed by atoms with Crippen molar-refractivity contribution in [2.75, 3.05) is 11.9 Å². The van der Waals surface area contributed by atoms with E-state index in [9.17, 15) is 19.8 Å². The Bertz CT molecular complexity index is 689. The number of ether oxygens (including phenoxy) is 2. The number of hydrogen-bond acceptors (Lipinski definition) is 7. The SMILES string of the molecule is C=Cc1cn([C@@H]2O[C@H](C)C(O)C2O)c(=O)nc1NC(=O)OCCCC. The number of carbonyl (C=O) groups is 1. The van der Waals surface area contributed by atoms with Gasteiger partial charge in [-0.3, -0.25) is 9.88 Å². The Balaban J connectivity index is 2.22. The molecule has 1 amide bonds. The average Bonchev–Trinajstić information content (AvgIpc) is 2.83. The van der Waals surface area contributed by atoms with E-state index in [1.54, 1.807) is 6.92 Å². The van der Waals surface area contributed by atoms with Crippen LogP contribution in [0.1, 0.15) is 38.5 Å². The van der Waals surface area contributed by atoms with Gasteiger partial charge in [0.1, 0.15) is 18.0 Å². The van der Waals surface area contributed by atoms with Gasteiger partial charge in [0, 0.05) is 11.8 Å². The molecule has 3 N–H and O–H groups in total. The zero-order chi connectivity index (χ0) is 18.6. The summed E-state index contributed by atoms with van der Waals surface area (Å²) in [6, 6.07) is 0. The summed E-state index contributed by atoms with van der Waals surface area (Å²) in [5.74, 6) is -0.00108. The van der Waals surface area contributed by atoms with Gasteiger partial charge in [-0.25, -0.2) is 9.59 Å². The zero-order valence-corrected chi connectivity index (χ0v) is 14.2. The number of amides is 1. The molecule has 0 bridgehead atoms. The lowest BCUT2D eigenvalue weighted by Gasteiger charge is -2.18. The van der Waals surface area contributed by atoms with Gasteiger partial charge in [-0.05, 0) is 13.3 Å². The largest absolute Gasteiger partial charge is 0.449 e. The van der Waals surface area contributed by atoms with Crippen LogP contribution in [0, 0.1) is 0 Å². The van der Waals surface area contributed by atoms with E-state index in [0.717, 1.165) is 17.4 Å². The van der Waals surface area contributed by atoms with Gasteiger partial charge in [-0.1, -0.05) is 26.0 Å². The molecule has 1 aromatic rings. The average molecular weight is 353 g/mol. The summed E-state index contributed by atoms with van der Waals surface area (Å²) in [4.78, 5) is 27.8. The molecule has 25 heavy (non-hydrogen) atoms. The molecule has 138 valence electrons. The van der Waals surface area contributed by atoms with Gasteiger partial charge in [0.25, 0.3) is 0 Å². The smallest absolute Gasteiger partial charge is 0.412 e. The molecule has 9 heteroatoms. The Kier molecular flexibility index (Phi) is 6.29. The van der Waals surface area contributed by atoms with Crippen molar-refractivity contribution in [3.8, 4) is 0 Å². The van der Waals surface area contributed by atoms with Crippen LogP contribution in [0.3, 0.4) is 0 Å². The van der Waals surface area contributed by atoms with Gasteiger partial charge in [-0.2, -0.15) is 4.98 Å². The maximum atomic E-state index is 12.2. The summed E-state index contributed by atoms with van der Waals surface area (Å²) < 4.78 is 11.4. The van der Waals surface area contributed by atoms with E-state index in [0.29, 0.717) is 5.56 Å². The first kappa shape index (κ1) is 19.1. The van der Waals surface area contributed by atoms with Crippen molar-refractivity contribution in [3.05, 3.63) is 28.8 Å². The highest BCUT2D eigenvalue weighted by molar-refractivity contribution is 5.85. The molecule has 0 radical (unpaired) electrons. The molecule has 1 saturated heterocycles. The van der Waals surface area contributed by atoms with Gasteiger partial charge >= 0.3 is 11.8 Å². The van der Waals surface area contributed by atoms with Crippen molar-refractivity contribution in [2.24, 2.45) is 0 Å². The van der Waals surface area contributed by atoms with Gasteiger partial charge in [-0.15, -0.1) is 0 Å². The summed E-state index contributed by atoms with van der Waals surface area (Å²) >= 11 is 0. The van der Waals surface area contributed by atoms with E-state index in [2.05, 4.69) is 16.9 Å². The molecular formula is C16H23N3O6. The first-order chi connectivity index (χ1) is 11.9. The molecule has 1 aliphatic heterocycles. The third-order valence-electron chi connectivity index (χ3n) is 3.90. The van der Waals surface area contributed by atoms with Crippen LogP contribution in [0.4, 0.5) is 10.6 Å². The Morgan fingerprint density at radius 1 is 1.52 bits per heavy atom. The van der Waals surface area contributed by atoms with E-state index < -0.39 is 36.3 Å². The molecular weight excluding hydrogens is 330 g/mol. The highest BCUT2D eigenvalue weighted by Crippen LogP contribution is 2.28.